The summed E-state index contributed by atoms with van der Waals surface area (Å²) >= 11 is 0. The highest BCUT2D eigenvalue weighted by Gasteiger charge is 2.30. The Morgan fingerprint density at radius 3 is 0.670 bits per heavy atom. The molecule has 0 amide bonds. The number of hydrogen-bond acceptors (Lipinski definition) is 15. The molecule has 0 heterocycles. The number of hydrogen-bond donors (Lipinski definition) is 3. The van der Waals surface area contributed by atoms with Crippen LogP contribution in [0.3, 0.4) is 0 Å². The van der Waals surface area contributed by atoms with Crippen LogP contribution in [-0.2, 0) is 65.4 Å². The van der Waals surface area contributed by atoms with Crippen molar-refractivity contribution in [1.82, 2.24) is 0 Å². The molecule has 522 valence electrons. The summed E-state index contributed by atoms with van der Waals surface area (Å²) in [6.07, 6.45) is 52.5. The van der Waals surface area contributed by atoms with Crippen molar-refractivity contribution in [2.24, 2.45) is 0 Å². The largest absolute Gasteiger partial charge is 0.472 e. The van der Waals surface area contributed by atoms with Gasteiger partial charge < -0.3 is 33.8 Å². The van der Waals surface area contributed by atoms with Crippen LogP contribution in [0.5, 0.6) is 0 Å². The normalized spacial score (nSPS) is 14.0. The zero-order valence-electron chi connectivity index (χ0n) is 56.7. The molecule has 0 saturated heterocycles. The first-order valence-corrected chi connectivity index (χ1v) is 39.3. The van der Waals surface area contributed by atoms with E-state index in [-0.39, 0.29) is 25.7 Å². The first-order valence-electron chi connectivity index (χ1n) is 36.3. The van der Waals surface area contributed by atoms with Gasteiger partial charge in [0.15, 0.2) is 12.2 Å². The number of aliphatic hydroxyl groups excluding tert-OH is 1. The maximum absolute atomic E-state index is 13.0. The Morgan fingerprint density at radius 2 is 0.455 bits per heavy atom. The van der Waals surface area contributed by atoms with Crippen molar-refractivity contribution < 1.29 is 80.2 Å². The van der Waals surface area contributed by atoms with Gasteiger partial charge in [-0.05, 0) is 25.7 Å². The van der Waals surface area contributed by atoms with Gasteiger partial charge in [0.25, 0.3) is 0 Å². The minimum atomic E-state index is -4.95. The Morgan fingerprint density at radius 1 is 0.273 bits per heavy atom. The van der Waals surface area contributed by atoms with Gasteiger partial charge in [-0.1, -0.05) is 310 Å². The monoisotopic (exact) mass is 1300 g/mol. The third-order valence-corrected chi connectivity index (χ3v) is 18.0. The van der Waals surface area contributed by atoms with E-state index in [0.29, 0.717) is 25.7 Å². The first-order chi connectivity index (χ1) is 42.7. The highest BCUT2D eigenvalue weighted by atomic mass is 31.2. The summed E-state index contributed by atoms with van der Waals surface area (Å²) in [6, 6.07) is 0. The van der Waals surface area contributed by atoms with Gasteiger partial charge in [0, 0.05) is 25.7 Å². The molecule has 17 nitrogen and oxygen atoms in total. The molecule has 3 N–H and O–H groups in total. The van der Waals surface area contributed by atoms with Crippen molar-refractivity contribution in [2.75, 3.05) is 39.6 Å². The molecule has 0 aromatic heterocycles. The highest BCUT2D eigenvalue weighted by Crippen LogP contribution is 2.45. The molecule has 19 heteroatoms. The molecule has 0 fully saturated rings. The minimum absolute atomic E-state index is 0.0993. The maximum Gasteiger partial charge on any atom is 0.472 e. The van der Waals surface area contributed by atoms with Gasteiger partial charge in [0.1, 0.15) is 19.3 Å². The lowest BCUT2D eigenvalue weighted by atomic mass is 10.0. The second-order valence-corrected chi connectivity index (χ2v) is 27.8. The Hall–Kier alpha value is -1.94. The number of carbonyl (C=O) groups excluding carboxylic acids is 4. The number of phosphoric acid groups is 2. The summed E-state index contributed by atoms with van der Waals surface area (Å²) in [6.45, 7) is 4.74. The number of aliphatic hydroxyl groups is 1. The average molecular weight is 1300 g/mol. The third-order valence-electron chi connectivity index (χ3n) is 16.1. The van der Waals surface area contributed by atoms with Crippen LogP contribution in [0.4, 0.5) is 0 Å². The van der Waals surface area contributed by atoms with Crippen LogP contribution in [0, 0.1) is 0 Å². The number of carbonyl (C=O) groups is 4. The number of phosphoric ester groups is 2. The van der Waals surface area contributed by atoms with Gasteiger partial charge in [0.2, 0.25) is 0 Å². The zero-order valence-corrected chi connectivity index (χ0v) is 58.5. The molecule has 0 spiro atoms. The Labute approximate surface area is 537 Å². The summed E-state index contributed by atoms with van der Waals surface area (Å²) in [7, 11) is -9.87. The van der Waals surface area contributed by atoms with Crippen molar-refractivity contribution in [3.63, 3.8) is 0 Å². The smallest absolute Gasteiger partial charge is 0.462 e. The standard InChI is InChI=1S/C69H134O17P2/c1-5-9-13-17-19-21-23-25-27-29-30-31-32-33-34-36-38-40-42-44-48-52-56-69(74)86-65(60-80-67(72)54-50-47-43-41-39-37-35-28-26-24-22-20-18-14-10-6-2)62-84-88(77,78)82-58-63(70)57-81-87(75,76)83-61-64(85-68(73)55-51-46-16-12-8-4)59-79-66(71)53-49-45-15-11-7-3/h63-65,70H,5-62H2,1-4H3,(H,75,76)(H,77,78)/t63-,64+,65+/m0/s1. The Kier molecular flexibility index (Phi) is 62.4. The van der Waals surface area contributed by atoms with E-state index in [9.17, 15) is 43.2 Å². The van der Waals surface area contributed by atoms with E-state index < -0.39 is 97.5 Å². The highest BCUT2D eigenvalue weighted by molar-refractivity contribution is 7.47. The van der Waals surface area contributed by atoms with Crippen LogP contribution < -0.4 is 0 Å². The van der Waals surface area contributed by atoms with Crippen molar-refractivity contribution in [3.05, 3.63) is 0 Å². The van der Waals surface area contributed by atoms with Crippen molar-refractivity contribution in [3.8, 4) is 0 Å². The number of ether oxygens (including phenoxy) is 4. The molecule has 0 bridgehead atoms. The van der Waals surface area contributed by atoms with E-state index in [2.05, 4.69) is 27.7 Å². The number of unbranched alkanes of at least 4 members (excludes halogenated alkanes) is 44. The second-order valence-electron chi connectivity index (χ2n) is 24.9. The van der Waals surface area contributed by atoms with E-state index >= 15 is 0 Å². The van der Waals surface area contributed by atoms with Crippen LogP contribution in [0.25, 0.3) is 0 Å². The van der Waals surface area contributed by atoms with E-state index in [0.717, 1.165) is 96.3 Å². The lowest BCUT2D eigenvalue weighted by Gasteiger charge is -2.21. The van der Waals surface area contributed by atoms with Crippen LogP contribution in [0.1, 0.15) is 362 Å². The van der Waals surface area contributed by atoms with Crippen molar-refractivity contribution in [1.29, 1.82) is 0 Å². The molecule has 0 saturated carbocycles. The lowest BCUT2D eigenvalue weighted by molar-refractivity contribution is -0.161. The van der Waals surface area contributed by atoms with Crippen LogP contribution in [-0.4, -0.2) is 96.7 Å². The minimum Gasteiger partial charge on any atom is -0.462 e. The molecule has 2 unspecified atom stereocenters. The predicted molar refractivity (Wildman–Crippen MR) is 354 cm³/mol. The molecule has 0 aliphatic rings. The van der Waals surface area contributed by atoms with Gasteiger partial charge in [-0.15, -0.1) is 0 Å². The summed E-state index contributed by atoms with van der Waals surface area (Å²) in [5.74, 6) is -2.15. The van der Waals surface area contributed by atoms with Gasteiger partial charge >= 0.3 is 39.5 Å². The number of esters is 4. The van der Waals surface area contributed by atoms with Gasteiger partial charge in [0.05, 0.1) is 26.4 Å². The van der Waals surface area contributed by atoms with Crippen molar-refractivity contribution in [2.45, 2.75) is 380 Å². The predicted octanol–water partition coefficient (Wildman–Crippen LogP) is 19.9. The average Bonchev–Trinajstić information content (AvgIpc) is 3.66. The summed E-state index contributed by atoms with van der Waals surface area (Å²) < 4.78 is 67.7. The first kappa shape index (κ1) is 86.1. The quantitative estimate of drug-likeness (QED) is 0.0222. The Balaban J connectivity index is 5.02. The van der Waals surface area contributed by atoms with E-state index in [1.165, 1.54) is 186 Å². The molecule has 0 aliphatic heterocycles. The van der Waals surface area contributed by atoms with Crippen LogP contribution >= 0.6 is 15.6 Å². The molecular weight excluding hydrogens is 1160 g/mol. The molecule has 0 rings (SSSR count). The lowest BCUT2D eigenvalue weighted by Crippen LogP contribution is -2.30. The fourth-order valence-electron chi connectivity index (χ4n) is 10.5. The van der Waals surface area contributed by atoms with Gasteiger partial charge in [-0.2, -0.15) is 0 Å². The van der Waals surface area contributed by atoms with Gasteiger partial charge in [-0.3, -0.25) is 37.3 Å². The second kappa shape index (κ2) is 63.8. The molecule has 5 atom stereocenters. The van der Waals surface area contributed by atoms with Gasteiger partial charge in [-0.25, -0.2) is 9.13 Å². The summed E-state index contributed by atoms with van der Waals surface area (Å²) in [4.78, 5) is 71.9. The molecular formula is C69H134O17P2. The van der Waals surface area contributed by atoms with E-state index in [1.807, 2.05) is 0 Å². The summed E-state index contributed by atoms with van der Waals surface area (Å²) in [5.41, 5.74) is 0. The fourth-order valence-corrected chi connectivity index (χ4v) is 12.1. The maximum atomic E-state index is 13.0. The Bertz CT molecular complexity index is 1690. The topological polar surface area (TPSA) is 237 Å². The van der Waals surface area contributed by atoms with Crippen LogP contribution in [0.15, 0.2) is 0 Å². The summed E-state index contributed by atoms with van der Waals surface area (Å²) in [5, 5.41) is 10.5. The van der Waals surface area contributed by atoms with Crippen LogP contribution in [0.2, 0.25) is 0 Å². The fraction of sp³-hybridized carbons (Fsp3) is 0.942. The molecule has 0 aromatic rings. The molecule has 0 aliphatic carbocycles. The van der Waals surface area contributed by atoms with E-state index in [4.69, 9.17) is 37.0 Å². The third kappa shape index (κ3) is 62.8. The molecule has 0 radical (unpaired) electrons. The molecule has 0 aromatic carbocycles. The van der Waals surface area contributed by atoms with E-state index in [1.54, 1.807) is 0 Å². The van der Waals surface area contributed by atoms with Crippen molar-refractivity contribution >= 4 is 39.5 Å². The zero-order chi connectivity index (χ0) is 64.7. The number of rotatable bonds is 70. The molecule has 88 heavy (non-hydrogen) atoms. The SMILES string of the molecule is CCCCCCCCCCCCCCCCCCCCCCCCC(=O)O[C@H](COC(=O)CCCCCCCCCCCCCCCCCC)COP(=O)(O)OC[C@@H](O)COP(=O)(O)OC[C@@H](COC(=O)CCCCCCC)OC(=O)CCCCCCC.